The zero-order valence-electron chi connectivity index (χ0n) is 19.0. The normalized spacial score (nSPS) is 13.8. The highest BCUT2D eigenvalue weighted by Crippen LogP contribution is 2.30. The van der Waals surface area contributed by atoms with E-state index < -0.39 is 0 Å². The summed E-state index contributed by atoms with van der Waals surface area (Å²) in [6, 6.07) is 15.4. The van der Waals surface area contributed by atoms with E-state index in [1.165, 1.54) is 42.8 Å². The van der Waals surface area contributed by atoms with Gasteiger partial charge in [0, 0.05) is 22.8 Å². The van der Waals surface area contributed by atoms with Gasteiger partial charge in [-0.3, -0.25) is 9.36 Å². The van der Waals surface area contributed by atoms with Crippen molar-refractivity contribution < 1.29 is 4.74 Å². The summed E-state index contributed by atoms with van der Waals surface area (Å²) in [7, 11) is 1.69. The zero-order chi connectivity index (χ0) is 22.8. The Kier molecular flexibility index (Phi) is 7.94. The van der Waals surface area contributed by atoms with Gasteiger partial charge in [-0.05, 0) is 75.1 Å². The fourth-order valence-corrected chi connectivity index (χ4v) is 5.55. The Balaban J connectivity index is 0.00000274. The van der Waals surface area contributed by atoms with E-state index in [-0.39, 0.29) is 18.0 Å². The van der Waals surface area contributed by atoms with Crippen molar-refractivity contribution in [3.8, 4) is 22.0 Å². The van der Waals surface area contributed by atoms with Crippen molar-refractivity contribution in [1.29, 1.82) is 0 Å². The van der Waals surface area contributed by atoms with Crippen molar-refractivity contribution in [2.75, 3.05) is 26.7 Å². The molecular formula is C26H27Cl2N3O2S. The maximum atomic E-state index is 13.3. The van der Waals surface area contributed by atoms with E-state index in [0.29, 0.717) is 15.2 Å². The van der Waals surface area contributed by atoms with Crippen molar-refractivity contribution in [2.24, 2.45) is 0 Å². The molecule has 3 heterocycles. The SMILES string of the molecule is COc1cc(-n2ccc3nc(-c4ccc(Cl)cc4)sc3c2=O)ccc1CCCN1CCCC1.Cl. The summed E-state index contributed by atoms with van der Waals surface area (Å²) in [6.07, 6.45) is 6.50. The molecule has 0 N–H and O–H groups in total. The minimum atomic E-state index is -0.0750. The highest BCUT2D eigenvalue weighted by Gasteiger charge is 2.14. The molecule has 1 aliphatic rings. The van der Waals surface area contributed by atoms with E-state index in [4.69, 9.17) is 16.3 Å². The molecule has 5 nitrogen and oxygen atoms in total. The molecule has 34 heavy (non-hydrogen) atoms. The second-order valence-corrected chi connectivity index (χ2v) is 9.82. The van der Waals surface area contributed by atoms with Gasteiger partial charge in [0.25, 0.3) is 5.56 Å². The molecule has 4 aromatic rings. The van der Waals surface area contributed by atoms with Crippen LogP contribution in [-0.4, -0.2) is 41.2 Å². The molecule has 1 saturated heterocycles. The first-order chi connectivity index (χ1) is 16.1. The van der Waals surface area contributed by atoms with Crippen LogP contribution in [-0.2, 0) is 6.42 Å². The van der Waals surface area contributed by atoms with Crippen LogP contribution in [0.1, 0.15) is 24.8 Å². The average molecular weight is 516 g/mol. The van der Waals surface area contributed by atoms with Gasteiger partial charge in [0.1, 0.15) is 15.5 Å². The Morgan fingerprint density at radius 3 is 2.59 bits per heavy atom. The topological polar surface area (TPSA) is 47.4 Å². The van der Waals surface area contributed by atoms with Gasteiger partial charge in [0.15, 0.2) is 0 Å². The first-order valence-electron chi connectivity index (χ1n) is 11.3. The van der Waals surface area contributed by atoms with E-state index >= 15 is 0 Å². The van der Waals surface area contributed by atoms with Gasteiger partial charge in [-0.1, -0.05) is 29.8 Å². The number of ether oxygens (including phenoxy) is 1. The lowest BCUT2D eigenvalue weighted by molar-refractivity contribution is 0.332. The van der Waals surface area contributed by atoms with Crippen LogP contribution in [0.2, 0.25) is 5.02 Å². The van der Waals surface area contributed by atoms with Crippen LogP contribution >= 0.6 is 35.3 Å². The summed E-state index contributed by atoms with van der Waals surface area (Å²) < 4.78 is 7.98. The molecule has 0 unspecified atom stereocenters. The molecule has 0 amide bonds. The lowest BCUT2D eigenvalue weighted by Crippen LogP contribution is -2.20. The monoisotopic (exact) mass is 515 g/mol. The summed E-state index contributed by atoms with van der Waals surface area (Å²) in [5, 5.41) is 1.48. The molecule has 8 heteroatoms. The van der Waals surface area contributed by atoms with Crippen LogP contribution in [0.25, 0.3) is 26.5 Å². The molecule has 0 spiro atoms. The van der Waals surface area contributed by atoms with Crippen LogP contribution in [0.5, 0.6) is 5.75 Å². The molecule has 5 rings (SSSR count). The Hall–Kier alpha value is -2.38. The third-order valence-electron chi connectivity index (χ3n) is 6.21. The lowest BCUT2D eigenvalue weighted by Gasteiger charge is -2.16. The van der Waals surface area contributed by atoms with E-state index in [9.17, 15) is 4.79 Å². The van der Waals surface area contributed by atoms with Crippen LogP contribution in [0.4, 0.5) is 0 Å². The minimum absolute atomic E-state index is 0. The molecular weight excluding hydrogens is 489 g/mol. The number of aromatic nitrogens is 2. The molecule has 0 atom stereocenters. The van der Waals surface area contributed by atoms with Gasteiger partial charge in [0.05, 0.1) is 18.3 Å². The predicted molar refractivity (Wildman–Crippen MR) is 143 cm³/mol. The highest BCUT2D eigenvalue weighted by molar-refractivity contribution is 7.21. The van der Waals surface area contributed by atoms with Crippen molar-refractivity contribution in [3.05, 3.63) is 75.7 Å². The summed E-state index contributed by atoms with van der Waals surface area (Å²) >= 11 is 7.41. The largest absolute Gasteiger partial charge is 0.496 e. The van der Waals surface area contributed by atoms with Crippen molar-refractivity contribution >= 4 is 45.6 Å². The van der Waals surface area contributed by atoms with E-state index in [0.717, 1.165) is 41.4 Å². The van der Waals surface area contributed by atoms with E-state index in [1.807, 2.05) is 42.5 Å². The fourth-order valence-electron chi connectivity index (χ4n) is 4.43. The molecule has 1 fully saturated rings. The number of hydrogen-bond donors (Lipinski definition) is 0. The van der Waals surface area contributed by atoms with Gasteiger partial charge in [-0.25, -0.2) is 4.98 Å². The minimum Gasteiger partial charge on any atom is -0.496 e. The predicted octanol–water partition coefficient (Wildman–Crippen LogP) is 6.23. The average Bonchev–Trinajstić information content (AvgIpc) is 3.51. The third-order valence-corrected chi connectivity index (χ3v) is 7.57. The summed E-state index contributed by atoms with van der Waals surface area (Å²) in [4.78, 5) is 20.5. The number of nitrogens with zero attached hydrogens (tertiary/aromatic N) is 3. The summed E-state index contributed by atoms with van der Waals surface area (Å²) in [6.45, 7) is 3.57. The van der Waals surface area contributed by atoms with Crippen molar-refractivity contribution in [3.63, 3.8) is 0 Å². The number of halogens is 2. The van der Waals surface area contributed by atoms with Gasteiger partial charge >= 0.3 is 0 Å². The highest BCUT2D eigenvalue weighted by atomic mass is 35.5. The molecule has 0 aliphatic carbocycles. The molecule has 1 aliphatic heterocycles. The zero-order valence-corrected chi connectivity index (χ0v) is 21.4. The van der Waals surface area contributed by atoms with Crippen LogP contribution in [0.15, 0.2) is 59.5 Å². The Morgan fingerprint density at radius 2 is 1.85 bits per heavy atom. The number of pyridine rings is 1. The molecule has 2 aromatic heterocycles. The van der Waals surface area contributed by atoms with Gasteiger partial charge in [0.2, 0.25) is 0 Å². The number of fused-ring (bicyclic) bond motifs is 1. The second-order valence-electron chi connectivity index (χ2n) is 8.38. The first-order valence-corrected chi connectivity index (χ1v) is 12.5. The van der Waals surface area contributed by atoms with Gasteiger partial charge < -0.3 is 9.64 Å². The first kappa shape index (κ1) is 24.7. The molecule has 2 aromatic carbocycles. The van der Waals surface area contributed by atoms with Gasteiger partial charge in [-0.15, -0.1) is 23.7 Å². The number of hydrogen-bond acceptors (Lipinski definition) is 5. The van der Waals surface area contributed by atoms with E-state index in [1.54, 1.807) is 17.9 Å². The maximum absolute atomic E-state index is 13.3. The number of rotatable bonds is 7. The van der Waals surface area contributed by atoms with E-state index in [2.05, 4.69) is 16.0 Å². The van der Waals surface area contributed by atoms with Crippen LogP contribution < -0.4 is 10.3 Å². The Labute approximate surface area is 214 Å². The third kappa shape index (κ3) is 5.15. The number of benzene rings is 2. The second kappa shape index (κ2) is 10.9. The molecule has 0 saturated carbocycles. The summed E-state index contributed by atoms with van der Waals surface area (Å²) in [5.74, 6) is 0.826. The number of likely N-dealkylation sites (tertiary alicyclic amines) is 1. The quantitative estimate of drug-likeness (QED) is 0.292. The summed E-state index contributed by atoms with van der Waals surface area (Å²) in [5.41, 5.74) is 3.55. The number of methoxy groups -OCH3 is 1. The van der Waals surface area contributed by atoms with Gasteiger partial charge in [-0.2, -0.15) is 0 Å². The lowest BCUT2D eigenvalue weighted by atomic mass is 10.1. The van der Waals surface area contributed by atoms with Crippen LogP contribution in [0, 0.1) is 0 Å². The number of thiazole rings is 1. The molecule has 0 bridgehead atoms. The van der Waals surface area contributed by atoms with Crippen molar-refractivity contribution in [1.82, 2.24) is 14.5 Å². The fraction of sp³-hybridized carbons (Fsp3) is 0.308. The Morgan fingerprint density at radius 1 is 1.09 bits per heavy atom. The maximum Gasteiger partial charge on any atom is 0.274 e. The molecule has 178 valence electrons. The Bertz CT molecular complexity index is 1330. The molecule has 0 radical (unpaired) electrons. The van der Waals surface area contributed by atoms with Crippen LogP contribution in [0.3, 0.4) is 0 Å². The smallest absolute Gasteiger partial charge is 0.274 e. The van der Waals surface area contributed by atoms with Crippen molar-refractivity contribution in [2.45, 2.75) is 25.7 Å². The number of aryl methyl sites for hydroxylation is 1. The standard InChI is InChI=1S/C26H26ClN3O2S.ClH/c1-32-23-17-21(11-8-18(23)5-4-15-29-13-2-3-14-29)30-16-12-22-24(26(30)31)33-25(28-22)19-6-9-20(27)10-7-19;/h6-12,16-17H,2-5,13-15H2,1H3;1H.